The van der Waals surface area contributed by atoms with Gasteiger partial charge in [0.15, 0.2) is 0 Å². The number of hydrogen-bond donors (Lipinski definition) is 0. The van der Waals surface area contributed by atoms with E-state index in [1.165, 1.54) is 0 Å². The van der Waals surface area contributed by atoms with E-state index in [1.54, 1.807) is 12.1 Å². The van der Waals surface area contributed by atoms with Crippen molar-refractivity contribution in [2.24, 2.45) is 0 Å². The number of rotatable bonds is 2. The molecule has 1 atom stereocenters. The number of benzene rings is 1. The summed E-state index contributed by atoms with van der Waals surface area (Å²) in [5.74, 6) is 0. The van der Waals surface area contributed by atoms with Crippen molar-refractivity contribution in [1.29, 1.82) is 0 Å². The van der Waals surface area contributed by atoms with E-state index in [2.05, 4.69) is 15.9 Å². The Hall–Kier alpha value is 0.339. The number of halogens is 3. The van der Waals surface area contributed by atoms with E-state index in [1.807, 2.05) is 18.2 Å². The second-order valence-electron chi connectivity index (χ2n) is 2.12. The van der Waals surface area contributed by atoms with Gasteiger partial charge < -0.3 is 0 Å². The second kappa shape index (κ2) is 5.28. The molecule has 0 aliphatic rings. The van der Waals surface area contributed by atoms with Crippen LogP contribution in [0.5, 0.6) is 0 Å². The summed E-state index contributed by atoms with van der Waals surface area (Å²) in [6, 6.07) is 9.03. The molecule has 0 aromatic heterocycles. The zero-order chi connectivity index (χ0) is 9.84. The predicted octanol–water partition coefficient (Wildman–Crippen LogP) is 2.90. The van der Waals surface area contributed by atoms with Crippen LogP contribution in [0.3, 0.4) is 0 Å². The monoisotopic (exact) mass is 346 g/mol. The first kappa shape index (κ1) is 11.4. The molecule has 1 aromatic rings. The van der Waals surface area contributed by atoms with Gasteiger partial charge in [-0.2, -0.15) is 0 Å². The standard InChI is InChI=1S/C8H5BrCl2OSe/c9-7(10)8(11)13(12)6-4-2-1-3-5-6/h1-5H/b8-7+. The molecule has 1 rings (SSSR count). The molecule has 0 amide bonds. The molecule has 0 saturated heterocycles. The van der Waals surface area contributed by atoms with E-state index in [0.29, 0.717) is 0 Å². The fraction of sp³-hybridized carbons (Fsp3) is 0. The van der Waals surface area contributed by atoms with Crippen molar-refractivity contribution < 1.29 is 3.83 Å². The second-order valence-corrected chi connectivity index (χ2v) is 7.60. The van der Waals surface area contributed by atoms with E-state index in [0.717, 1.165) is 4.46 Å². The molecule has 0 aliphatic carbocycles. The molecular formula is C8H5BrCl2OSe. The third-order valence-electron chi connectivity index (χ3n) is 1.27. The van der Waals surface area contributed by atoms with Crippen LogP contribution in [0.4, 0.5) is 0 Å². The van der Waals surface area contributed by atoms with E-state index in [4.69, 9.17) is 23.2 Å². The van der Waals surface area contributed by atoms with Crippen molar-refractivity contribution in [2.45, 2.75) is 0 Å². The Kier molecular flexibility index (Phi) is 4.63. The summed E-state index contributed by atoms with van der Waals surface area (Å²) in [6.45, 7) is 0. The summed E-state index contributed by atoms with van der Waals surface area (Å²) in [5, 5.41) is 0. The van der Waals surface area contributed by atoms with Crippen molar-refractivity contribution in [3.05, 3.63) is 38.2 Å². The Bertz CT molecular complexity index is 346. The average molecular weight is 347 g/mol. The third-order valence-corrected chi connectivity index (χ3v) is 6.52. The number of hydrogen-bond acceptors (Lipinski definition) is 1. The SMILES string of the molecule is O=[Se](/C(Cl)=C(/Cl)Br)c1ccccc1. The van der Waals surface area contributed by atoms with Crippen LogP contribution < -0.4 is 4.46 Å². The van der Waals surface area contributed by atoms with Gasteiger partial charge in [-0.15, -0.1) is 0 Å². The van der Waals surface area contributed by atoms with Gasteiger partial charge >= 0.3 is 99.5 Å². The first-order valence-corrected chi connectivity index (χ1v) is 7.26. The van der Waals surface area contributed by atoms with Gasteiger partial charge in [-0.05, 0) is 0 Å². The average Bonchev–Trinajstić information content (AvgIpc) is 2.17. The van der Waals surface area contributed by atoms with Gasteiger partial charge in [0.05, 0.1) is 0 Å². The summed E-state index contributed by atoms with van der Waals surface area (Å²) in [6.07, 6.45) is 0. The van der Waals surface area contributed by atoms with Crippen LogP contribution >= 0.6 is 39.1 Å². The third kappa shape index (κ3) is 3.19. The summed E-state index contributed by atoms with van der Waals surface area (Å²) in [4.78, 5) is 0. The molecule has 0 aliphatic heterocycles. The minimum absolute atomic E-state index is 0.202. The first-order valence-electron chi connectivity index (χ1n) is 3.30. The van der Waals surface area contributed by atoms with Crippen LogP contribution in [0.15, 0.2) is 38.2 Å². The van der Waals surface area contributed by atoms with Gasteiger partial charge in [0.1, 0.15) is 0 Å². The van der Waals surface area contributed by atoms with Crippen molar-refractivity contribution in [1.82, 2.24) is 0 Å². The van der Waals surface area contributed by atoms with Crippen LogP contribution in [0, 0.1) is 0 Å². The molecule has 0 fully saturated rings. The molecule has 1 nitrogen and oxygen atoms in total. The van der Waals surface area contributed by atoms with Gasteiger partial charge in [-0.3, -0.25) is 0 Å². The molecule has 0 spiro atoms. The Morgan fingerprint density at radius 3 is 2.23 bits per heavy atom. The normalized spacial score (nSPS) is 15.0. The van der Waals surface area contributed by atoms with Crippen LogP contribution in [0.1, 0.15) is 0 Å². The maximum absolute atomic E-state index is 11.7. The Morgan fingerprint density at radius 2 is 1.77 bits per heavy atom. The molecule has 5 heteroatoms. The van der Waals surface area contributed by atoms with Crippen LogP contribution in [-0.4, -0.2) is 13.8 Å². The van der Waals surface area contributed by atoms with E-state index >= 15 is 0 Å². The maximum atomic E-state index is 11.7. The molecule has 70 valence electrons. The summed E-state index contributed by atoms with van der Waals surface area (Å²) in [5.41, 5.74) is 0. The van der Waals surface area contributed by atoms with Crippen LogP contribution in [0.2, 0.25) is 0 Å². The molecule has 1 aromatic carbocycles. The zero-order valence-electron chi connectivity index (χ0n) is 6.34. The molecular weight excluding hydrogens is 342 g/mol. The molecule has 0 heterocycles. The van der Waals surface area contributed by atoms with E-state index < -0.39 is 13.8 Å². The summed E-state index contributed by atoms with van der Waals surface area (Å²) < 4.78 is 12.8. The molecule has 1 unspecified atom stereocenters. The Balaban J connectivity index is 3.00. The first-order chi connectivity index (χ1) is 6.13. The molecule has 0 bridgehead atoms. The molecule has 0 saturated carbocycles. The van der Waals surface area contributed by atoms with Gasteiger partial charge in [-0.25, -0.2) is 0 Å². The fourth-order valence-electron chi connectivity index (χ4n) is 0.718. The van der Waals surface area contributed by atoms with Gasteiger partial charge in [0.25, 0.3) is 0 Å². The fourth-order valence-corrected chi connectivity index (χ4v) is 3.89. The summed E-state index contributed by atoms with van der Waals surface area (Å²) >= 11 is 11.9. The quantitative estimate of drug-likeness (QED) is 0.752. The molecule has 0 N–H and O–H groups in total. The minimum atomic E-state index is -2.36. The van der Waals surface area contributed by atoms with Gasteiger partial charge in [-0.1, -0.05) is 0 Å². The predicted molar refractivity (Wildman–Crippen MR) is 60.2 cm³/mol. The van der Waals surface area contributed by atoms with Gasteiger partial charge in [0.2, 0.25) is 0 Å². The zero-order valence-corrected chi connectivity index (χ0v) is 11.1. The van der Waals surface area contributed by atoms with Crippen molar-refractivity contribution >= 4 is 57.4 Å². The summed E-state index contributed by atoms with van der Waals surface area (Å²) in [7, 11) is 0. The van der Waals surface area contributed by atoms with Crippen molar-refractivity contribution in [2.75, 3.05) is 0 Å². The van der Waals surface area contributed by atoms with Crippen LogP contribution in [-0.2, 0) is 3.83 Å². The van der Waals surface area contributed by atoms with Gasteiger partial charge in [0, 0.05) is 0 Å². The Morgan fingerprint density at radius 1 is 1.23 bits per heavy atom. The molecule has 0 radical (unpaired) electrons. The van der Waals surface area contributed by atoms with E-state index in [9.17, 15) is 3.83 Å². The van der Waals surface area contributed by atoms with E-state index in [-0.39, 0.29) is 7.87 Å². The Labute approximate surface area is 98.9 Å². The van der Waals surface area contributed by atoms with Crippen LogP contribution in [0.25, 0.3) is 0 Å². The van der Waals surface area contributed by atoms with Crippen molar-refractivity contribution in [3.8, 4) is 0 Å². The van der Waals surface area contributed by atoms with Crippen molar-refractivity contribution in [3.63, 3.8) is 0 Å². The topological polar surface area (TPSA) is 17.1 Å². The molecule has 13 heavy (non-hydrogen) atoms.